The van der Waals surface area contributed by atoms with Crippen LogP contribution >= 0.6 is 19.3 Å². The van der Waals surface area contributed by atoms with Crippen LogP contribution in [-0.4, -0.2) is 68.7 Å². The van der Waals surface area contributed by atoms with Crippen LogP contribution in [0.3, 0.4) is 0 Å². The van der Waals surface area contributed by atoms with Crippen LogP contribution in [0.1, 0.15) is 53.7 Å². The van der Waals surface area contributed by atoms with Gasteiger partial charge in [0.05, 0.1) is 32.3 Å². The van der Waals surface area contributed by atoms with E-state index in [0.29, 0.717) is 29.2 Å². The summed E-state index contributed by atoms with van der Waals surface area (Å²) in [5.74, 6) is -0.212. The number of aliphatic hydroxyl groups is 1. The first-order chi connectivity index (χ1) is 20.4. The maximum absolute atomic E-state index is 14.0. The number of ether oxygens (including phenoxy) is 3. The summed E-state index contributed by atoms with van der Waals surface area (Å²) in [4.78, 5) is 25.3. The fourth-order valence-corrected chi connectivity index (χ4v) is 6.17. The third kappa shape index (κ3) is 7.57. The third-order valence-corrected chi connectivity index (χ3v) is 8.79. The van der Waals surface area contributed by atoms with Gasteiger partial charge in [0.2, 0.25) is 11.8 Å². The molecule has 3 heterocycles. The van der Waals surface area contributed by atoms with Gasteiger partial charge < -0.3 is 29.6 Å². The smallest absolute Gasteiger partial charge is 0.459 e. The molecule has 0 aliphatic carbocycles. The monoisotopic (exact) mass is 640 g/mol. The number of nitrogens with one attached hydrogen (secondary N) is 1. The van der Waals surface area contributed by atoms with Crippen molar-refractivity contribution < 1.29 is 37.7 Å². The van der Waals surface area contributed by atoms with E-state index in [1.807, 2.05) is 13.8 Å². The molecule has 4 N–H and O–H groups in total. The Balaban J connectivity index is 1.55. The minimum atomic E-state index is -4.22. The number of nitrogens with zero attached hydrogens (tertiary/aromatic N) is 4. The number of rotatable bonds is 14. The zero-order chi connectivity index (χ0) is 31.4. The number of hydrogen-bond acceptors (Lipinski definition) is 12. The van der Waals surface area contributed by atoms with Crippen LogP contribution in [0.4, 0.5) is 5.95 Å². The molecule has 1 aliphatic heterocycles. The number of imidazole rings is 1. The average molecular weight is 641 g/mol. The molecule has 14 nitrogen and oxygen atoms in total. The molecule has 1 saturated heterocycles. The van der Waals surface area contributed by atoms with E-state index in [0.717, 1.165) is 6.42 Å². The van der Waals surface area contributed by atoms with Gasteiger partial charge in [0.15, 0.2) is 11.2 Å². The van der Waals surface area contributed by atoms with Crippen molar-refractivity contribution in [2.45, 2.75) is 71.9 Å². The quantitative estimate of drug-likeness (QED) is 0.129. The van der Waals surface area contributed by atoms with Crippen LogP contribution in [0.2, 0.25) is 5.02 Å². The minimum absolute atomic E-state index is 0.0114. The number of esters is 1. The number of unbranched alkanes of at least 4 members (excludes halogenated alkanes) is 1. The van der Waals surface area contributed by atoms with Gasteiger partial charge in [0.25, 0.3) is 0 Å². The zero-order valence-corrected chi connectivity index (χ0v) is 26.4. The van der Waals surface area contributed by atoms with Crippen molar-refractivity contribution in [3.8, 4) is 11.6 Å². The molecule has 1 fully saturated rings. The van der Waals surface area contributed by atoms with Gasteiger partial charge in [-0.25, -0.2) is 9.55 Å². The number of aliphatic hydroxyl groups excluding tert-OH is 1. The number of hydrogen-bond donors (Lipinski definition) is 3. The van der Waals surface area contributed by atoms with Crippen molar-refractivity contribution >= 4 is 42.4 Å². The average Bonchev–Trinajstić information content (AvgIpc) is 3.46. The molecular weight excluding hydrogens is 603 g/mol. The Morgan fingerprint density at radius 2 is 2.00 bits per heavy atom. The number of anilines is 1. The van der Waals surface area contributed by atoms with Crippen LogP contribution < -0.4 is 20.1 Å². The van der Waals surface area contributed by atoms with E-state index < -0.39 is 43.6 Å². The zero-order valence-electron chi connectivity index (χ0n) is 24.7. The van der Waals surface area contributed by atoms with E-state index >= 15 is 0 Å². The first kappa shape index (κ1) is 32.9. The van der Waals surface area contributed by atoms with Crippen molar-refractivity contribution in [2.75, 3.05) is 25.6 Å². The van der Waals surface area contributed by atoms with Crippen molar-refractivity contribution in [3.63, 3.8) is 0 Å². The second kappa shape index (κ2) is 13.7. The van der Waals surface area contributed by atoms with E-state index in [4.69, 9.17) is 40.6 Å². The van der Waals surface area contributed by atoms with Crippen molar-refractivity contribution in [1.82, 2.24) is 24.6 Å². The predicted molar refractivity (Wildman–Crippen MR) is 159 cm³/mol. The lowest BCUT2D eigenvalue weighted by molar-refractivity contribution is -0.145. The molecule has 0 saturated carbocycles. The number of carbonyl (C=O) groups is 1. The first-order valence-electron chi connectivity index (χ1n) is 14.0. The number of aromatic nitrogens is 4. The summed E-state index contributed by atoms with van der Waals surface area (Å²) in [7, 11) is -4.22. The molecule has 1 aromatic carbocycles. The molecule has 0 spiro atoms. The highest BCUT2D eigenvalue weighted by molar-refractivity contribution is 7.52. The van der Waals surface area contributed by atoms with Crippen LogP contribution in [0.5, 0.6) is 11.6 Å². The highest BCUT2D eigenvalue weighted by Gasteiger charge is 2.52. The second-order valence-electron chi connectivity index (χ2n) is 10.6. The molecule has 0 radical (unpaired) electrons. The highest BCUT2D eigenvalue weighted by atomic mass is 35.5. The molecule has 4 rings (SSSR count). The van der Waals surface area contributed by atoms with Gasteiger partial charge in [-0.1, -0.05) is 38.8 Å². The Hall–Kier alpha value is -3.00. The lowest BCUT2D eigenvalue weighted by Gasteiger charge is -2.29. The Bertz CT molecular complexity index is 1460. The van der Waals surface area contributed by atoms with Gasteiger partial charge in [-0.15, -0.1) is 0 Å². The van der Waals surface area contributed by atoms with E-state index in [2.05, 4.69) is 20.0 Å². The van der Waals surface area contributed by atoms with Crippen LogP contribution in [0.15, 0.2) is 30.6 Å². The molecule has 5 unspecified atom stereocenters. The fourth-order valence-electron chi connectivity index (χ4n) is 4.54. The summed E-state index contributed by atoms with van der Waals surface area (Å²) in [6, 6.07) is 5.11. The Morgan fingerprint density at radius 3 is 2.67 bits per heavy atom. The number of nitrogen functional groups attached to an aromatic ring is 1. The fraction of sp³-hybridized carbons (Fsp3) is 0.556. The summed E-state index contributed by atoms with van der Waals surface area (Å²) >= 11 is 5.98. The molecule has 2 aromatic heterocycles. The van der Waals surface area contributed by atoms with Crippen molar-refractivity contribution in [2.24, 2.45) is 5.41 Å². The molecule has 236 valence electrons. The predicted octanol–water partition coefficient (Wildman–Crippen LogP) is 4.27. The summed E-state index contributed by atoms with van der Waals surface area (Å²) in [6.07, 6.45) is 0.229. The van der Waals surface area contributed by atoms with Gasteiger partial charge in [-0.2, -0.15) is 15.1 Å². The van der Waals surface area contributed by atoms with Crippen molar-refractivity contribution in [1.29, 1.82) is 0 Å². The largest absolute Gasteiger partial charge is 0.476 e. The molecule has 43 heavy (non-hydrogen) atoms. The number of nitrogens with two attached hydrogens (primary N) is 1. The standard InChI is InChI=1S/C27H38ClN6O8P/c1-6-8-13-39-24(36)16(3)33-43(37,42-18-11-9-17(28)10-12-18)40-14-19-21(35)27(4,5)25(41-19)34-15-30-20-22(34)31-26(29)32-23(20)38-7-2/h9-12,15-16,19,21,25,35H,6-8,13-14H2,1-5H3,(H,33,37)(H2,29,31,32). The van der Waals surface area contributed by atoms with Crippen molar-refractivity contribution in [3.05, 3.63) is 35.6 Å². The van der Waals surface area contributed by atoms with Gasteiger partial charge in [0.1, 0.15) is 24.1 Å². The number of carbonyl (C=O) groups excluding carboxylic acids is 1. The molecule has 5 atom stereocenters. The SMILES string of the molecule is CCCCOC(=O)C(C)NP(=O)(OCC1OC(n2cnc3c(OCC)nc(N)nc32)C(C)(C)C1O)Oc1ccc(Cl)cc1. The molecular formula is C27H38ClN6O8P. The van der Waals surface area contributed by atoms with E-state index in [9.17, 15) is 14.5 Å². The lowest BCUT2D eigenvalue weighted by atomic mass is 9.84. The van der Waals surface area contributed by atoms with Gasteiger partial charge in [-0.3, -0.25) is 13.9 Å². The van der Waals surface area contributed by atoms with Crippen LogP contribution in [0.25, 0.3) is 11.2 Å². The minimum Gasteiger partial charge on any atom is -0.476 e. The van der Waals surface area contributed by atoms with Gasteiger partial charge >= 0.3 is 13.7 Å². The van der Waals surface area contributed by atoms with Crippen LogP contribution in [0, 0.1) is 5.41 Å². The molecule has 16 heteroatoms. The maximum atomic E-state index is 14.0. The number of halogens is 1. The summed E-state index contributed by atoms with van der Waals surface area (Å²) in [5.41, 5.74) is 5.77. The Kier molecular flexibility index (Phi) is 10.5. The Morgan fingerprint density at radius 1 is 1.28 bits per heavy atom. The highest BCUT2D eigenvalue weighted by Crippen LogP contribution is 2.49. The normalized spacial score (nSPS) is 21.8. The molecule has 3 aromatic rings. The summed E-state index contributed by atoms with van der Waals surface area (Å²) in [5, 5.41) is 14.4. The van der Waals surface area contributed by atoms with E-state index in [1.165, 1.54) is 25.4 Å². The topological polar surface area (TPSA) is 182 Å². The van der Waals surface area contributed by atoms with Gasteiger partial charge in [-0.05, 0) is 44.5 Å². The molecule has 0 amide bonds. The number of fused-ring (bicyclic) bond motifs is 1. The third-order valence-electron chi connectivity index (χ3n) is 6.89. The maximum Gasteiger partial charge on any atom is 0.459 e. The number of benzene rings is 1. The van der Waals surface area contributed by atoms with Crippen LogP contribution in [-0.2, 0) is 23.4 Å². The first-order valence-corrected chi connectivity index (χ1v) is 15.9. The Labute approximate surface area is 254 Å². The molecule has 0 bridgehead atoms. The summed E-state index contributed by atoms with van der Waals surface area (Å²) < 4.78 is 44.2. The van der Waals surface area contributed by atoms with E-state index in [1.54, 1.807) is 30.5 Å². The molecule has 1 aliphatic rings. The summed E-state index contributed by atoms with van der Waals surface area (Å²) in [6.45, 7) is 9.11. The van der Waals surface area contributed by atoms with E-state index in [-0.39, 0.29) is 30.8 Å². The lowest BCUT2D eigenvalue weighted by Crippen LogP contribution is -2.38. The second-order valence-corrected chi connectivity index (χ2v) is 12.8. The van der Waals surface area contributed by atoms with Gasteiger partial charge in [0, 0.05) is 10.4 Å².